The average molecular weight is 329 g/mol. The lowest BCUT2D eigenvalue weighted by Crippen LogP contribution is -2.08. The maximum atomic E-state index is 12.9. The fourth-order valence-corrected chi connectivity index (χ4v) is 2.51. The van der Waals surface area contributed by atoms with Gasteiger partial charge in [0.25, 0.3) is 0 Å². The Morgan fingerprint density at radius 2 is 1.96 bits per heavy atom. The summed E-state index contributed by atoms with van der Waals surface area (Å²) in [6.07, 6.45) is 2.37. The number of hydrogen-bond donors (Lipinski definition) is 1. The van der Waals surface area contributed by atoms with Crippen LogP contribution in [-0.4, -0.2) is 24.6 Å². The average Bonchev–Trinajstić information content (AvgIpc) is 3.22. The molecule has 0 aliphatic rings. The molecule has 0 spiro atoms. The van der Waals surface area contributed by atoms with Crippen LogP contribution < -0.4 is 0 Å². The highest BCUT2D eigenvalue weighted by Gasteiger charge is 2.32. The predicted octanol–water partition coefficient (Wildman–Crippen LogP) is 3.81. The molecule has 0 aliphatic carbocycles. The number of rotatable bonds is 2. The van der Waals surface area contributed by atoms with E-state index in [1.54, 1.807) is 18.6 Å². The Morgan fingerprint density at radius 1 is 1.08 bits per heavy atom. The zero-order chi connectivity index (χ0) is 16.7. The van der Waals surface area contributed by atoms with Gasteiger partial charge in [0.2, 0.25) is 0 Å². The Balaban J connectivity index is 1.83. The Hall–Kier alpha value is -3.16. The smallest absolute Gasteiger partial charge is 0.306 e. The maximum Gasteiger partial charge on any atom is 0.433 e. The Bertz CT molecular complexity index is 1020. The minimum absolute atomic E-state index is 0.183. The minimum Gasteiger partial charge on any atom is -0.306 e. The molecule has 5 nitrogen and oxygen atoms in total. The van der Waals surface area contributed by atoms with Crippen LogP contribution in [0.25, 0.3) is 28.2 Å². The van der Waals surface area contributed by atoms with Crippen molar-refractivity contribution in [3.05, 3.63) is 60.8 Å². The number of imidazole rings is 1. The molecule has 8 heteroatoms. The van der Waals surface area contributed by atoms with E-state index >= 15 is 0 Å². The summed E-state index contributed by atoms with van der Waals surface area (Å²) in [5.41, 5.74) is 1.91. The first-order valence-electron chi connectivity index (χ1n) is 7.03. The van der Waals surface area contributed by atoms with Crippen molar-refractivity contribution < 1.29 is 13.2 Å². The summed E-state index contributed by atoms with van der Waals surface area (Å²) in [6, 6.07) is 7.45. The van der Waals surface area contributed by atoms with Gasteiger partial charge in [0, 0.05) is 29.7 Å². The van der Waals surface area contributed by atoms with Gasteiger partial charge in [-0.25, -0.2) is 9.97 Å². The summed E-state index contributed by atoms with van der Waals surface area (Å²) >= 11 is 0. The van der Waals surface area contributed by atoms with E-state index in [0.717, 1.165) is 17.3 Å². The SMILES string of the molecule is FC(F)(F)c1cccc(-c2[nH]ncc2-c2ccc3nccn3c2)n1. The molecule has 0 fully saturated rings. The van der Waals surface area contributed by atoms with Crippen molar-refractivity contribution in [2.24, 2.45) is 0 Å². The monoisotopic (exact) mass is 329 g/mol. The molecular formula is C16H10F3N5. The van der Waals surface area contributed by atoms with Crippen LogP contribution in [-0.2, 0) is 6.18 Å². The molecule has 0 aromatic carbocycles. The van der Waals surface area contributed by atoms with Crippen LogP contribution in [0.3, 0.4) is 0 Å². The highest BCUT2D eigenvalue weighted by molar-refractivity contribution is 5.78. The van der Waals surface area contributed by atoms with Gasteiger partial charge in [0.15, 0.2) is 0 Å². The molecule has 4 rings (SSSR count). The third-order valence-corrected chi connectivity index (χ3v) is 3.63. The van der Waals surface area contributed by atoms with Crippen molar-refractivity contribution in [3.63, 3.8) is 0 Å². The summed E-state index contributed by atoms with van der Waals surface area (Å²) in [6.45, 7) is 0. The molecule has 0 atom stereocenters. The lowest BCUT2D eigenvalue weighted by Gasteiger charge is -2.08. The van der Waals surface area contributed by atoms with Gasteiger partial charge in [-0.15, -0.1) is 0 Å². The van der Waals surface area contributed by atoms with Gasteiger partial charge in [-0.05, 0) is 24.3 Å². The predicted molar refractivity (Wildman–Crippen MR) is 81.0 cm³/mol. The fraction of sp³-hybridized carbons (Fsp3) is 0.0625. The highest BCUT2D eigenvalue weighted by Crippen LogP contribution is 2.32. The van der Waals surface area contributed by atoms with Crippen LogP contribution in [0.15, 0.2) is 55.1 Å². The van der Waals surface area contributed by atoms with Crippen LogP contribution in [0.1, 0.15) is 5.69 Å². The van der Waals surface area contributed by atoms with E-state index in [1.807, 2.05) is 22.7 Å². The largest absolute Gasteiger partial charge is 0.433 e. The van der Waals surface area contributed by atoms with Crippen molar-refractivity contribution in [3.8, 4) is 22.5 Å². The quantitative estimate of drug-likeness (QED) is 0.608. The number of fused-ring (bicyclic) bond motifs is 1. The molecule has 0 saturated heterocycles. The number of alkyl halides is 3. The summed E-state index contributed by atoms with van der Waals surface area (Å²) < 4.78 is 40.4. The number of H-pyrrole nitrogens is 1. The van der Waals surface area contributed by atoms with E-state index in [2.05, 4.69) is 20.2 Å². The minimum atomic E-state index is -4.49. The molecule has 4 aromatic heterocycles. The Kier molecular flexibility index (Phi) is 3.12. The van der Waals surface area contributed by atoms with Gasteiger partial charge in [0.1, 0.15) is 11.3 Å². The third kappa shape index (κ3) is 2.41. The first-order valence-corrected chi connectivity index (χ1v) is 7.03. The first kappa shape index (κ1) is 14.4. The van der Waals surface area contributed by atoms with Crippen LogP contribution in [0.4, 0.5) is 13.2 Å². The summed E-state index contributed by atoms with van der Waals surface area (Å²) in [5, 5.41) is 6.70. The number of aromatic amines is 1. The van der Waals surface area contributed by atoms with Crippen molar-refractivity contribution in [2.75, 3.05) is 0 Å². The van der Waals surface area contributed by atoms with Crippen LogP contribution in [0.2, 0.25) is 0 Å². The van der Waals surface area contributed by atoms with Gasteiger partial charge in [0.05, 0.1) is 17.6 Å². The molecule has 4 aromatic rings. The lowest BCUT2D eigenvalue weighted by molar-refractivity contribution is -0.141. The molecule has 0 aliphatic heterocycles. The molecule has 0 amide bonds. The molecule has 0 radical (unpaired) electrons. The topological polar surface area (TPSA) is 58.9 Å². The molecule has 0 bridgehead atoms. The van der Waals surface area contributed by atoms with Crippen molar-refractivity contribution in [1.82, 2.24) is 24.6 Å². The number of hydrogen-bond acceptors (Lipinski definition) is 3. The number of pyridine rings is 2. The Labute approximate surface area is 133 Å². The molecule has 0 unspecified atom stereocenters. The van der Waals surface area contributed by atoms with Crippen LogP contribution in [0.5, 0.6) is 0 Å². The van der Waals surface area contributed by atoms with Crippen LogP contribution >= 0.6 is 0 Å². The van der Waals surface area contributed by atoms with Crippen molar-refractivity contribution in [2.45, 2.75) is 6.18 Å². The second-order valence-corrected chi connectivity index (χ2v) is 5.17. The molecular weight excluding hydrogens is 319 g/mol. The zero-order valence-electron chi connectivity index (χ0n) is 12.1. The van der Waals surface area contributed by atoms with Gasteiger partial charge >= 0.3 is 6.18 Å². The van der Waals surface area contributed by atoms with Crippen LogP contribution in [0, 0.1) is 0 Å². The van der Waals surface area contributed by atoms with E-state index in [0.29, 0.717) is 11.3 Å². The molecule has 0 saturated carbocycles. The summed E-state index contributed by atoms with van der Waals surface area (Å²) in [7, 11) is 0. The number of nitrogens with one attached hydrogen (secondary N) is 1. The van der Waals surface area contributed by atoms with Gasteiger partial charge in [-0.2, -0.15) is 18.3 Å². The van der Waals surface area contributed by atoms with Gasteiger partial charge in [-0.3, -0.25) is 5.10 Å². The third-order valence-electron chi connectivity index (χ3n) is 3.63. The number of halogens is 3. The number of nitrogens with zero attached hydrogens (tertiary/aromatic N) is 4. The molecule has 120 valence electrons. The van der Waals surface area contributed by atoms with Gasteiger partial charge < -0.3 is 4.40 Å². The highest BCUT2D eigenvalue weighted by atomic mass is 19.4. The standard InChI is InChI=1S/C16H10F3N5/c17-16(18,19)13-3-1-2-12(22-13)15-11(8-21-23-15)10-4-5-14-20-6-7-24(14)9-10/h1-9H,(H,21,23). The van der Waals surface area contributed by atoms with E-state index in [1.165, 1.54) is 12.1 Å². The van der Waals surface area contributed by atoms with E-state index in [9.17, 15) is 13.2 Å². The van der Waals surface area contributed by atoms with E-state index in [-0.39, 0.29) is 5.69 Å². The maximum absolute atomic E-state index is 12.9. The lowest BCUT2D eigenvalue weighted by atomic mass is 10.1. The fourth-order valence-electron chi connectivity index (χ4n) is 2.51. The molecule has 1 N–H and O–H groups in total. The summed E-state index contributed by atoms with van der Waals surface area (Å²) in [5.74, 6) is 0. The second-order valence-electron chi connectivity index (χ2n) is 5.17. The Morgan fingerprint density at radius 3 is 2.79 bits per heavy atom. The van der Waals surface area contributed by atoms with E-state index < -0.39 is 11.9 Å². The van der Waals surface area contributed by atoms with Crippen molar-refractivity contribution in [1.29, 1.82) is 0 Å². The zero-order valence-corrected chi connectivity index (χ0v) is 12.1. The normalized spacial score (nSPS) is 12.0. The van der Waals surface area contributed by atoms with E-state index in [4.69, 9.17) is 0 Å². The molecule has 4 heterocycles. The van der Waals surface area contributed by atoms with Crippen molar-refractivity contribution >= 4 is 5.65 Å². The molecule has 24 heavy (non-hydrogen) atoms. The summed E-state index contributed by atoms with van der Waals surface area (Å²) in [4.78, 5) is 7.87. The number of aromatic nitrogens is 5. The second kappa shape index (κ2) is 5.19. The van der Waals surface area contributed by atoms with Gasteiger partial charge in [-0.1, -0.05) is 6.07 Å². The first-order chi connectivity index (χ1) is 11.5.